The summed E-state index contributed by atoms with van der Waals surface area (Å²) in [6.07, 6.45) is -1.84. The molecule has 1 aliphatic rings. The Morgan fingerprint density at radius 2 is 2.05 bits per heavy atom. The van der Waals surface area contributed by atoms with Crippen LogP contribution in [0.4, 0.5) is 19.0 Å². The molecule has 0 saturated carbocycles. The molecular formula is C14H11F3N4O. The SMILES string of the molecule is Cn1cnc(N)c(-c2cc(C(F)(F)F)cc3c2C=NC3)c1=O. The Morgan fingerprint density at radius 3 is 2.73 bits per heavy atom. The van der Waals surface area contributed by atoms with Gasteiger partial charge < -0.3 is 10.3 Å². The standard InChI is InChI=1S/C14H11F3N4O/c1-21-6-20-12(18)11(13(21)22)9-3-8(14(15,16)17)2-7-4-19-5-10(7)9/h2-3,5-6H,4,18H2,1H3. The van der Waals surface area contributed by atoms with Gasteiger partial charge in [0.1, 0.15) is 5.82 Å². The van der Waals surface area contributed by atoms with E-state index in [0.29, 0.717) is 11.1 Å². The van der Waals surface area contributed by atoms with E-state index in [1.807, 2.05) is 0 Å². The number of nitrogen functional groups attached to an aromatic ring is 1. The first kappa shape index (κ1) is 14.3. The smallest absolute Gasteiger partial charge is 0.383 e. The van der Waals surface area contributed by atoms with Gasteiger partial charge in [0.25, 0.3) is 5.56 Å². The Balaban J connectivity index is 2.37. The van der Waals surface area contributed by atoms with Crippen molar-refractivity contribution in [1.82, 2.24) is 9.55 Å². The van der Waals surface area contributed by atoms with Gasteiger partial charge in [-0.05, 0) is 17.7 Å². The second-order valence-electron chi connectivity index (χ2n) is 4.99. The minimum Gasteiger partial charge on any atom is -0.383 e. The van der Waals surface area contributed by atoms with E-state index < -0.39 is 17.3 Å². The van der Waals surface area contributed by atoms with E-state index in [1.54, 1.807) is 0 Å². The first-order chi connectivity index (χ1) is 10.3. The van der Waals surface area contributed by atoms with Crippen LogP contribution in [0.3, 0.4) is 0 Å². The highest BCUT2D eigenvalue weighted by atomic mass is 19.4. The first-order valence-corrected chi connectivity index (χ1v) is 6.34. The predicted octanol–water partition coefficient (Wildman–Crippen LogP) is 1.98. The van der Waals surface area contributed by atoms with E-state index in [2.05, 4.69) is 9.98 Å². The molecule has 0 radical (unpaired) electrons. The van der Waals surface area contributed by atoms with Crippen molar-refractivity contribution in [3.8, 4) is 11.1 Å². The second-order valence-corrected chi connectivity index (χ2v) is 4.99. The summed E-state index contributed by atoms with van der Waals surface area (Å²) < 4.78 is 40.4. The topological polar surface area (TPSA) is 73.3 Å². The van der Waals surface area contributed by atoms with Crippen molar-refractivity contribution in [2.45, 2.75) is 12.7 Å². The number of aromatic nitrogens is 2. The van der Waals surface area contributed by atoms with Crippen molar-refractivity contribution in [3.05, 3.63) is 45.5 Å². The van der Waals surface area contributed by atoms with E-state index in [1.165, 1.54) is 24.2 Å². The molecule has 1 aromatic carbocycles. The lowest BCUT2D eigenvalue weighted by molar-refractivity contribution is -0.137. The first-order valence-electron chi connectivity index (χ1n) is 6.34. The molecule has 114 valence electrons. The molecule has 1 aliphatic heterocycles. The maximum absolute atomic E-state index is 13.1. The minimum atomic E-state index is -4.52. The summed E-state index contributed by atoms with van der Waals surface area (Å²) in [5.74, 6) is -0.107. The lowest BCUT2D eigenvalue weighted by atomic mass is 9.95. The normalized spacial score (nSPS) is 13.5. The predicted molar refractivity (Wildman–Crippen MR) is 75.6 cm³/mol. The van der Waals surface area contributed by atoms with Gasteiger partial charge in [-0.3, -0.25) is 9.79 Å². The molecule has 2 aromatic rings. The van der Waals surface area contributed by atoms with Crippen LogP contribution in [0.5, 0.6) is 0 Å². The number of rotatable bonds is 1. The largest absolute Gasteiger partial charge is 0.416 e. The maximum atomic E-state index is 13.1. The summed E-state index contributed by atoms with van der Waals surface area (Å²) >= 11 is 0. The lowest BCUT2D eigenvalue weighted by Crippen LogP contribution is -2.22. The van der Waals surface area contributed by atoms with Crippen LogP contribution in [-0.4, -0.2) is 15.8 Å². The quantitative estimate of drug-likeness (QED) is 0.875. The van der Waals surface area contributed by atoms with Crippen molar-refractivity contribution in [2.75, 3.05) is 5.73 Å². The zero-order chi connectivity index (χ0) is 16.1. The van der Waals surface area contributed by atoms with Crippen LogP contribution in [0.2, 0.25) is 0 Å². The number of anilines is 1. The van der Waals surface area contributed by atoms with Crippen LogP contribution in [0.1, 0.15) is 16.7 Å². The Morgan fingerprint density at radius 1 is 1.32 bits per heavy atom. The third-order valence-electron chi connectivity index (χ3n) is 3.50. The molecule has 22 heavy (non-hydrogen) atoms. The van der Waals surface area contributed by atoms with Crippen molar-refractivity contribution < 1.29 is 13.2 Å². The molecule has 2 heterocycles. The second kappa shape index (κ2) is 4.69. The molecule has 0 bridgehead atoms. The molecule has 0 atom stereocenters. The van der Waals surface area contributed by atoms with E-state index >= 15 is 0 Å². The van der Waals surface area contributed by atoms with Crippen LogP contribution < -0.4 is 11.3 Å². The highest BCUT2D eigenvalue weighted by Gasteiger charge is 2.33. The Kier molecular flexibility index (Phi) is 3.05. The minimum absolute atomic E-state index is 0.0410. The molecule has 0 unspecified atom stereocenters. The Hall–Kier alpha value is -2.64. The third-order valence-corrected chi connectivity index (χ3v) is 3.50. The van der Waals surface area contributed by atoms with E-state index in [0.717, 1.165) is 12.1 Å². The molecule has 0 aliphatic carbocycles. The van der Waals surface area contributed by atoms with Gasteiger partial charge in [0.2, 0.25) is 0 Å². The van der Waals surface area contributed by atoms with Crippen LogP contribution in [0.25, 0.3) is 11.1 Å². The average molecular weight is 308 g/mol. The number of fused-ring (bicyclic) bond motifs is 1. The van der Waals surface area contributed by atoms with Crippen molar-refractivity contribution in [1.29, 1.82) is 0 Å². The number of nitrogens with zero attached hydrogens (tertiary/aromatic N) is 3. The van der Waals surface area contributed by atoms with Crippen LogP contribution >= 0.6 is 0 Å². The fourth-order valence-electron chi connectivity index (χ4n) is 2.41. The monoisotopic (exact) mass is 308 g/mol. The van der Waals surface area contributed by atoms with Gasteiger partial charge in [-0.25, -0.2) is 4.98 Å². The van der Waals surface area contributed by atoms with Gasteiger partial charge in [0.15, 0.2) is 0 Å². The molecule has 1 aromatic heterocycles. The number of alkyl halides is 3. The van der Waals surface area contributed by atoms with E-state index in [4.69, 9.17) is 5.73 Å². The molecule has 5 nitrogen and oxygen atoms in total. The van der Waals surface area contributed by atoms with E-state index in [9.17, 15) is 18.0 Å². The molecule has 3 rings (SSSR count). The molecule has 0 amide bonds. The molecule has 0 spiro atoms. The summed E-state index contributed by atoms with van der Waals surface area (Å²) in [6, 6.07) is 1.97. The summed E-state index contributed by atoms with van der Waals surface area (Å²) in [6.45, 7) is 0.146. The van der Waals surface area contributed by atoms with Crippen LogP contribution in [0.15, 0.2) is 28.2 Å². The fourth-order valence-corrected chi connectivity index (χ4v) is 2.41. The highest BCUT2D eigenvalue weighted by Crippen LogP contribution is 2.37. The van der Waals surface area contributed by atoms with Gasteiger partial charge in [-0.15, -0.1) is 0 Å². The number of nitrogens with two attached hydrogens (primary N) is 1. The number of hydrogen-bond acceptors (Lipinski definition) is 4. The van der Waals surface area contributed by atoms with Gasteiger partial charge >= 0.3 is 6.18 Å². The number of benzene rings is 1. The lowest BCUT2D eigenvalue weighted by Gasteiger charge is -2.14. The molecule has 8 heteroatoms. The van der Waals surface area contributed by atoms with Gasteiger partial charge in [-0.2, -0.15) is 13.2 Å². The van der Waals surface area contributed by atoms with Crippen molar-refractivity contribution in [2.24, 2.45) is 12.0 Å². The fraction of sp³-hybridized carbons (Fsp3) is 0.214. The summed E-state index contributed by atoms with van der Waals surface area (Å²) in [5.41, 5.74) is 5.34. The Labute approximate surface area is 122 Å². The molecule has 0 fully saturated rings. The summed E-state index contributed by atoms with van der Waals surface area (Å²) in [7, 11) is 1.46. The van der Waals surface area contributed by atoms with Gasteiger partial charge in [0.05, 0.1) is 24.0 Å². The summed E-state index contributed by atoms with van der Waals surface area (Å²) in [4.78, 5) is 20.1. The average Bonchev–Trinajstić information content (AvgIpc) is 2.90. The zero-order valence-corrected chi connectivity index (χ0v) is 11.5. The molecular weight excluding hydrogens is 297 g/mol. The number of hydrogen-bond donors (Lipinski definition) is 1. The number of aliphatic imine (C=N–C) groups is 1. The van der Waals surface area contributed by atoms with Crippen molar-refractivity contribution in [3.63, 3.8) is 0 Å². The molecule has 2 N–H and O–H groups in total. The maximum Gasteiger partial charge on any atom is 0.416 e. The van der Waals surface area contributed by atoms with Crippen molar-refractivity contribution >= 4 is 12.0 Å². The van der Waals surface area contributed by atoms with Crippen LogP contribution in [0, 0.1) is 0 Å². The number of halogens is 3. The molecule has 0 saturated heterocycles. The van der Waals surface area contributed by atoms with E-state index in [-0.39, 0.29) is 23.5 Å². The third kappa shape index (κ3) is 2.16. The van der Waals surface area contributed by atoms with Gasteiger partial charge in [0, 0.05) is 24.4 Å². The van der Waals surface area contributed by atoms with Gasteiger partial charge in [-0.1, -0.05) is 0 Å². The Bertz CT molecular complexity index is 852. The zero-order valence-electron chi connectivity index (χ0n) is 11.5. The summed E-state index contributed by atoms with van der Waals surface area (Å²) in [5, 5.41) is 0. The number of aryl methyl sites for hydroxylation is 1. The van der Waals surface area contributed by atoms with Crippen LogP contribution in [-0.2, 0) is 19.8 Å². The highest BCUT2D eigenvalue weighted by molar-refractivity contribution is 5.96.